The van der Waals surface area contributed by atoms with Gasteiger partial charge in [0.1, 0.15) is 6.61 Å². The van der Waals surface area contributed by atoms with Crippen molar-refractivity contribution < 1.29 is 24.2 Å². The number of cyclic esters (lactones) is 1. The minimum Gasteiger partial charge on any atom is -0.481 e. The van der Waals surface area contributed by atoms with Crippen LogP contribution in [0.3, 0.4) is 0 Å². The molecule has 2 fully saturated rings. The van der Waals surface area contributed by atoms with Crippen LogP contribution in [0.1, 0.15) is 6.92 Å². The number of hydrogen-bond acceptors (Lipinski definition) is 5. The van der Waals surface area contributed by atoms with Crippen LogP contribution in [-0.4, -0.2) is 65.7 Å². The van der Waals surface area contributed by atoms with Crippen LogP contribution in [0.2, 0.25) is 0 Å². The van der Waals surface area contributed by atoms with Crippen LogP contribution in [0.5, 0.6) is 0 Å². The summed E-state index contributed by atoms with van der Waals surface area (Å²) in [4.78, 5) is 36.8. The molecular weight excluding hydrogens is 240 g/mol. The lowest BCUT2D eigenvalue weighted by molar-refractivity contribution is -0.142. The SMILES string of the molecule is CC1CN(CC(=O)N2CCOC2=O)CC1C(=O)O. The zero-order valence-electron chi connectivity index (χ0n) is 10.2. The van der Waals surface area contributed by atoms with Crippen LogP contribution >= 0.6 is 0 Å². The molecule has 0 spiro atoms. The van der Waals surface area contributed by atoms with E-state index in [0.29, 0.717) is 13.1 Å². The van der Waals surface area contributed by atoms with Gasteiger partial charge in [-0.05, 0) is 5.92 Å². The van der Waals surface area contributed by atoms with E-state index in [1.807, 2.05) is 6.92 Å². The van der Waals surface area contributed by atoms with Crippen molar-refractivity contribution in [2.75, 3.05) is 32.8 Å². The molecule has 2 unspecified atom stereocenters. The molecule has 1 N–H and O–H groups in total. The smallest absolute Gasteiger partial charge is 0.416 e. The quantitative estimate of drug-likeness (QED) is 0.740. The molecular formula is C11H16N2O5. The molecule has 2 aliphatic heterocycles. The number of likely N-dealkylation sites (tertiary alicyclic amines) is 1. The number of imide groups is 1. The molecule has 0 aromatic heterocycles. The summed E-state index contributed by atoms with van der Waals surface area (Å²) in [6.45, 7) is 3.36. The maximum Gasteiger partial charge on any atom is 0.416 e. The van der Waals surface area contributed by atoms with Gasteiger partial charge in [0.15, 0.2) is 0 Å². The first-order valence-corrected chi connectivity index (χ1v) is 5.91. The van der Waals surface area contributed by atoms with Gasteiger partial charge >= 0.3 is 12.1 Å². The number of carbonyl (C=O) groups excluding carboxylic acids is 2. The third-order valence-corrected chi connectivity index (χ3v) is 3.43. The van der Waals surface area contributed by atoms with Crippen molar-refractivity contribution in [2.24, 2.45) is 11.8 Å². The van der Waals surface area contributed by atoms with E-state index in [4.69, 9.17) is 5.11 Å². The van der Waals surface area contributed by atoms with Gasteiger partial charge in [0.05, 0.1) is 19.0 Å². The second-order valence-electron chi connectivity index (χ2n) is 4.78. The number of carbonyl (C=O) groups is 3. The fourth-order valence-corrected chi connectivity index (χ4v) is 2.41. The molecule has 0 aromatic carbocycles. The Bertz CT molecular complexity index is 384. The van der Waals surface area contributed by atoms with Crippen molar-refractivity contribution >= 4 is 18.0 Å². The van der Waals surface area contributed by atoms with Crippen LogP contribution in [0.4, 0.5) is 4.79 Å². The van der Waals surface area contributed by atoms with E-state index in [1.165, 1.54) is 0 Å². The zero-order valence-corrected chi connectivity index (χ0v) is 10.2. The van der Waals surface area contributed by atoms with Crippen LogP contribution in [0.25, 0.3) is 0 Å². The Morgan fingerprint density at radius 1 is 1.44 bits per heavy atom. The molecule has 2 atom stereocenters. The van der Waals surface area contributed by atoms with Gasteiger partial charge in [-0.2, -0.15) is 0 Å². The van der Waals surface area contributed by atoms with Crippen molar-refractivity contribution in [3.05, 3.63) is 0 Å². The van der Waals surface area contributed by atoms with E-state index >= 15 is 0 Å². The lowest BCUT2D eigenvalue weighted by atomic mass is 9.99. The number of amides is 2. The molecule has 18 heavy (non-hydrogen) atoms. The maximum absolute atomic E-state index is 11.8. The Morgan fingerprint density at radius 2 is 2.17 bits per heavy atom. The highest BCUT2D eigenvalue weighted by Gasteiger charge is 2.37. The van der Waals surface area contributed by atoms with Crippen molar-refractivity contribution in [1.82, 2.24) is 9.80 Å². The van der Waals surface area contributed by atoms with E-state index < -0.39 is 18.0 Å². The largest absolute Gasteiger partial charge is 0.481 e. The lowest BCUT2D eigenvalue weighted by Gasteiger charge is -2.17. The summed E-state index contributed by atoms with van der Waals surface area (Å²) in [7, 11) is 0. The highest BCUT2D eigenvalue weighted by molar-refractivity contribution is 5.94. The monoisotopic (exact) mass is 256 g/mol. The Labute approximate surface area is 104 Å². The van der Waals surface area contributed by atoms with Crippen molar-refractivity contribution in [1.29, 1.82) is 0 Å². The van der Waals surface area contributed by atoms with Gasteiger partial charge in [-0.3, -0.25) is 14.5 Å². The second kappa shape index (κ2) is 4.93. The molecule has 2 saturated heterocycles. The third kappa shape index (κ3) is 2.45. The molecule has 2 heterocycles. The first kappa shape index (κ1) is 12.8. The highest BCUT2D eigenvalue weighted by atomic mass is 16.6. The number of rotatable bonds is 3. The molecule has 2 aliphatic rings. The molecule has 2 rings (SSSR count). The number of ether oxygens (including phenoxy) is 1. The van der Waals surface area contributed by atoms with Gasteiger partial charge in [0.2, 0.25) is 5.91 Å². The summed E-state index contributed by atoms with van der Waals surface area (Å²) in [6.07, 6.45) is -0.609. The van der Waals surface area contributed by atoms with Crippen molar-refractivity contribution in [3.8, 4) is 0 Å². The fourth-order valence-electron chi connectivity index (χ4n) is 2.41. The molecule has 0 radical (unpaired) electrons. The number of aliphatic carboxylic acids is 1. The molecule has 7 nitrogen and oxygen atoms in total. The summed E-state index contributed by atoms with van der Waals surface area (Å²) >= 11 is 0. The first-order valence-electron chi connectivity index (χ1n) is 5.91. The fraction of sp³-hybridized carbons (Fsp3) is 0.727. The molecule has 0 aliphatic carbocycles. The molecule has 0 saturated carbocycles. The highest BCUT2D eigenvalue weighted by Crippen LogP contribution is 2.23. The van der Waals surface area contributed by atoms with Crippen LogP contribution in [-0.2, 0) is 14.3 Å². The molecule has 0 bridgehead atoms. The Balaban J connectivity index is 1.89. The molecule has 2 amide bonds. The summed E-state index contributed by atoms with van der Waals surface area (Å²) in [5.74, 6) is -1.59. The minimum absolute atomic E-state index is 0.0147. The molecule has 7 heteroatoms. The molecule has 0 aromatic rings. The van der Waals surface area contributed by atoms with Gasteiger partial charge in [-0.1, -0.05) is 6.92 Å². The maximum atomic E-state index is 11.8. The van der Waals surface area contributed by atoms with Gasteiger partial charge in [0.25, 0.3) is 0 Å². The van der Waals surface area contributed by atoms with Gasteiger partial charge in [0, 0.05) is 13.1 Å². The predicted octanol–water partition coefficient (Wildman–Crippen LogP) is -0.382. The van der Waals surface area contributed by atoms with Crippen LogP contribution in [0, 0.1) is 11.8 Å². The normalized spacial score (nSPS) is 28.5. The standard InChI is InChI=1S/C11H16N2O5/c1-7-4-12(5-8(7)10(15)16)6-9(14)13-2-3-18-11(13)17/h7-8H,2-6H2,1H3,(H,15,16). The third-order valence-electron chi connectivity index (χ3n) is 3.43. The van der Waals surface area contributed by atoms with E-state index in [1.54, 1.807) is 4.90 Å². The van der Waals surface area contributed by atoms with E-state index in [-0.39, 0.29) is 31.5 Å². The Kier molecular flexibility index (Phi) is 3.51. The average molecular weight is 256 g/mol. The van der Waals surface area contributed by atoms with Crippen LogP contribution in [0.15, 0.2) is 0 Å². The van der Waals surface area contributed by atoms with E-state index in [0.717, 1.165) is 4.90 Å². The Morgan fingerprint density at radius 3 is 2.67 bits per heavy atom. The summed E-state index contributed by atoms with van der Waals surface area (Å²) in [5, 5.41) is 8.99. The number of carboxylic acids is 1. The van der Waals surface area contributed by atoms with E-state index in [2.05, 4.69) is 4.74 Å². The summed E-state index contributed by atoms with van der Waals surface area (Å²) in [5.41, 5.74) is 0. The number of carboxylic acid groups (broad SMARTS) is 1. The van der Waals surface area contributed by atoms with Gasteiger partial charge < -0.3 is 9.84 Å². The predicted molar refractivity (Wildman–Crippen MR) is 59.8 cm³/mol. The second-order valence-corrected chi connectivity index (χ2v) is 4.78. The Hall–Kier alpha value is -1.63. The number of hydrogen-bond donors (Lipinski definition) is 1. The average Bonchev–Trinajstić information content (AvgIpc) is 2.84. The lowest BCUT2D eigenvalue weighted by Crippen LogP contribution is -2.40. The van der Waals surface area contributed by atoms with Crippen LogP contribution < -0.4 is 0 Å². The zero-order chi connectivity index (χ0) is 13.3. The van der Waals surface area contributed by atoms with E-state index in [9.17, 15) is 14.4 Å². The summed E-state index contributed by atoms with van der Waals surface area (Å²) < 4.78 is 4.69. The van der Waals surface area contributed by atoms with Gasteiger partial charge in [-0.15, -0.1) is 0 Å². The topological polar surface area (TPSA) is 87.2 Å². The van der Waals surface area contributed by atoms with Gasteiger partial charge in [-0.25, -0.2) is 9.69 Å². The first-order chi connectivity index (χ1) is 8.49. The van der Waals surface area contributed by atoms with Crippen molar-refractivity contribution in [3.63, 3.8) is 0 Å². The molecule has 100 valence electrons. The van der Waals surface area contributed by atoms with Crippen molar-refractivity contribution in [2.45, 2.75) is 6.92 Å². The minimum atomic E-state index is -0.835. The number of nitrogens with zero attached hydrogens (tertiary/aromatic N) is 2. The summed E-state index contributed by atoms with van der Waals surface area (Å²) in [6, 6.07) is 0.